The minimum Gasteiger partial charge on any atom is -0.369 e. The second kappa shape index (κ2) is 6.84. The standard InChI is InChI=1S/C21H20N6O/c1-3-18-10-17(7-8-25-18)21(19(28)27(2)20(22)26-21)16-6-4-5-14(9-16)15-11-23-13-24-12-15/h4-13H,3H2,1-2H3,(H2,22,26)/t21-/m1/s1. The fraction of sp³-hybridized carbons (Fsp3) is 0.190. The van der Waals surface area contributed by atoms with Gasteiger partial charge in [-0.15, -0.1) is 0 Å². The Morgan fingerprint density at radius 1 is 1.07 bits per heavy atom. The summed E-state index contributed by atoms with van der Waals surface area (Å²) in [5, 5.41) is 0. The maximum atomic E-state index is 13.4. The van der Waals surface area contributed by atoms with Gasteiger partial charge >= 0.3 is 0 Å². The molecule has 7 heteroatoms. The van der Waals surface area contributed by atoms with Crippen LogP contribution in [-0.2, 0) is 16.8 Å². The van der Waals surface area contributed by atoms with Gasteiger partial charge in [0, 0.05) is 36.9 Å². The maximum absolute atomic E-state index is 13.4. The zero-order valence-corrected chi connectivity index (χ0v) is 15.7. The van der Waals surface area contributed by atoms with Crippen molar-refractivity contribution in [3.63, 3.8) is 0 Å². The molecule has 7 nitrogen and oxygen atoms in total. The van der Waals surface area contributed by atoms with Crippen LogP contribution in [0.2, 0.25) is 0 Å². The number of guanidine groups is 1. The van der Waals surface area contributed by atoms with Crippen molar-refractivity contribution in [1.82, 2.24) is 19.9 Å². The van der Waals surface area contributed by atoms with Crippen LogP contribution in [0.4, 0.5) is 0 Å². The van der Waals surface area contributed by atoms with Crippen molar-refractivity contribution in [2.45, 2.75) is 18.9 Å². The molecule has 0 saturated heterocycles. The molecule has 0 aliphatic carbocycles. The van der Waals surface area contributed by atoms with E-state index < -0.39 is 5.54 Å². The summed E-state index contributed by atoms with van der Waals surface area (Å²) in [6.07, 6.45) is 7.43. The monoisotopic (exact) mass is 372 g/mol. The van der Waals surface area contributed by atoms with Crippen LogP contribution >= 0.6 is 0 Å². The Hall–Kier alpha value is -3.61. The SMILES string of the molecule is CCc1cc([C@@]2(c3cccc(-c4cncnc4)c3)N=C(N)N(C)C2=O)ccn1. The normalized spacial score (nSPS) is 19.0. The summed E-state index contributed by atoms with van der Waals surface area (Å²) in [7, 11) is 1.64. The molecular formula is C21H20N6O. The van der Waals surface area contributed by atoms with Gasteiger partial charge in [0.25, 0.3) is 5.91 Å². The van der Waals surface area contributed by atoms with Gasteiger partial charge in [-0.25, -0.2) is 15.0 Å². The number of likely N-dealkylation sites (N-methyl/N-ethyl adjacent to an activating group) is 1. The number of hydrogen-bond donors (Lipinski definition) is 1. The molecule has 0 saturated carbocycles. The second-order valence-electron chi connectivity index (χ2n) is 6.64. The number of aliphatic imine (C=N–C) groups is 1. The predicted molar refractivity (Wildman–Crippen MR) is 106 cm³/mol. The maximum Gasteiger partial charge on any atom is 0.266 e. The highest BCUT2D eigenvalue weighted by atomic mass is 16.2. The van der Waals surface area contributed by atoms with Gasteiger partial charge in [-0.1, -0.05) is 25.1 Å². The third-order valence-corrected chi connectivity index (χ3v) is 5.01. The van der Waals surface area contributed by atoms with Gasteiger partial charge in [0.15, 0.2) is 11.5 Å². The van der Waals surface area contributed by atoms with Gasteiger partial charge in [0.05, 0.1) is 0 Å². The number of nitrogens with zero attached hydrogens (tertiary/aromatic N) is 5. The molecule has 2 N–H and O–H groups in total. The third-order valence-electron chi connectivity index (χ3n) is 5.01. The van der Waals surface area contributed by atoms with Crippen LogP contribution in [0.15, 0.2) is 66.3 Å². The first-order chi connectivity index (χ1) is 13.6. The van der Waals surface area contributed by atoms with Crippen LogP contribution in [-0.4, -0.2) is 38.8 Å². The van der Waals surface area contributed by atoms with E-state index in [1.165, 1.54) is 11.2 Å². The van der Waals surface area contributed by atoms with Crippen molar-refractivity contribution in [3.05, 3.63) is 78.1 Å². The average molecular weight is 372 g/mol. The number of pyridine rings is 1. The van der Waals surface area contributed by atoms with Crippen molar-refractivity contribution < 1.29 is 4.79 Å². The van der Waals surface area contributed by atoms with Crippen LogP contribution in [0.25, 0.3) is 11.1 Å². The summed E-state index contributed by atoms with van der Waals surface area (Å²) in [6.45, 7) is 2.02. The summed E-state index contributed by atoms with van der Waals surface area (Å²) >= 11 is 0. The fourth-order valence-corrected chi connectivity index (χ4v) is 3.45. The quantitative estimate of drug-likeness (QED) is 0.757. The molecule has 1 aromatic carbocycles. The number of carbonyl (C=O) groups is 1. The van der Waals surface area contributed by atoms with Crippen LogP contribution in [0, 0.1) is 0 Å². The number of nitrogens with two attached hydrogens (primary N) is 1. The smallest absolute Gasteiger partial charge is 0.266 e. The lowest BCUT2D eigenvalue weighted by molar-refractivity contribution is -0.129. The van der Waals surface area contributed by atoms with Gasteiger partial charge in [-0.3, -0.25) is 14.7 Å². The van der Waals surface area contributed by atoms with E-state index in [1.54, 1.807) is 25.6 Å². The topological polar surface area (TPSA) is 97.4 Å². The number of aryl methyl sites for hydroxylation is 1. The third kappa shape index (κ3) is 2.72. The van der Waals surface area contributed by atoms with Crippen LogP contribution in [0.3, 0.4) is 0 Å². The van der Waals surface area contributed by atoms with Crippen LogP contribution < -0.4 is 5.73 Å². The Labute approximate surface area is 163 Å². The zero-order chi connectivity index (χ0) is 19.7. The summed E-state index contributed by atoms with van der Waals surface area (Å²) in [4.78, 5) is 31.9. The number of carbonyl (C=O) groups excluding carboxylic acids is 1. The van der Waals surface area contributed by atoms with Crippen LogP contribution in [0.5, 0.6) is 0 Å². The molecule has 0 fully saturated rings. The van der Waals surface area contributed by atoms with E-state index in [1.807, 2.05) is 43.3 Å². The highest BCUT2D eigenvalue weighted by Crippen LogP contribution is 2.40. The minimum absolute atomic E-state index is 0.188. The minimum atomic E-state index is -1.24. The first-order valence-corrected chi connectivity index (χ1v) is 9.01. The van der Waals surface area contributed by atoms with Gasteiger partial charge in [0.2, 0.25) is 0 Å². The molecule has 1 aliphatic heterocycles. The summed E-state index contributed by atoms with van der Waals surface area (Å²) in [6, 6.07) is 11.4. The van der Waals surface area contributed by atoms with E-state index in [4.69, 9.17) is 5.73 Å². The van der Waals surface area contributed by atoms with E-state index >= 15 is 0 Å². The van der Waals surface area contributed by atoms with Crippen LogP contribution in [0.1, 0.15) is 23.7 Å². The Kier molecular flexibility index (Phi) is 4.35. The lowest BCUT2D eigenvalue weighted by Crippen LogP contribution is -2.41. The molecule has 0 unspecified atom stereocenters. The molecule has 1 aliphatic rings. The molecule has 28 heavy (non-hydrogen) atoms. The molecular weight excluding hydrogens is 352 g/mol. The van der Waals surface area contributed by atoms with Crippen molar-refractivity contribution >= 4 is 11.9 Å². The van der Waals surface area contributed by atoms with E-state index in [0.29, 0.717) is 0 Å². The molecule has 1 amide bonds. The fourth-order valence-electron chi connectivity index (χ4n) is 3.45. The lowest BCUT2D eigenvalue weighted by atomic mass is 9.82. The Morgan fingerprint density at radius 2 is 1.82 bits per heavy atom. The van der Waals surface area contributed by atoms with Crippen molar-refractivity contribution in [3.8, 4) is 11.1 Å². The van der Waals surface area contributed by atoms with Gasteiger partial charge in [-0.2, -0.15) is 0 Å². The molecule has 1 atom stereocenters. The summed E-state index contributed by atoms with van der Waals surface area (Å²) in [5.74, 6) is -0.00646. The highest BCUT2D eigenvalue weighted by Gasteiger charge is 2.49. The molecule has 4 rings (SSSR count). The second-order valence-corrected chi connectivity index (χ2v) is 6.64. The van der Waals surface area contributed by atoms with E-state index in [-0.39, 0.29) is 11.9 Å². The van der Waals surface area contributed by atoms with Crippen molar-refractivity contribution in [2.75, 3.05) is 7.05 Å². The first-order valence-electron chi connectivity index (χ1n) is 9.01. The number of hydrogen-bond acceptors (Lipinski definition) is 6. The lowest BCUT2D eigenvalue weighted by Gasteiger charge is -2.26. The van der Waals surface area contributed by atoms with Gasteiger partial charge in [0.1, 0.15) is 6.33 Å². The highest BCUT2D eigenvalue weighted by molar-refractivity contribution is 6.09. The summed E-state index contributed by atoms with van der Waals surface area (Å²) < 4.78 is 0. The first kappa shape index (κ1) is 17.8. The van der Waals surface area contributed by atoms with Gasteiger partial charge < -0.3 is 5.73 Å². The number of rotatable bonds is 4. The summed E-state index contributed by atoms with van der Waals surface area (Å²) in [5.41, 5.74) is 8.95. The Balaban J connectivity index is 1.95. The van der Waals surface area contributed by atoms with Gasteiger partial charge in [-0.05, 0) is 41.3 Å². The largest absolute Gasteiger partial charge is 0.369 e. The number of aromatic nitrogens is 3. The zero-order valence-electron chi connectivity index (χ0n) is 15.7. The molecule has 0 radical (unpaired) electrons. The molecule has 0 spiro atoms. The van der Waals surface area contributed by atoms with Crippen molar-refractivity contribution in [2.24, 2.45) is 10.7 Å². The van der Waals surface area contributed by atoms with E-state index in [0.717, 1.165) is 34.4 Å². The van der Waals surface area contributed by atoms with E-state index in [2.05, 4.69) is 19.9 Å². The molecule has 3 aromatic rings. The Morgan fingerprint density at radius 3 is 2.50 bits per heavy atom. The average Bonchev–Trinajstić information content (AvgIpc) is 2.99. The molecule has 140 valence electrons. The van der Waals surface area contributed by atoms with E-state index in [9.17, 15) is 4.79 Å². The number of benzene rings is 1. The molecule has 2 aromatic heterocycles. The van der Waals surface area contributed by atoms with Crippen molar-refractivity contribution in [1.29, 1.82) is 0 Å². The molecule has 0 bridgehead atoms. The number of amides is 1. The Bertz CT molecular complexity index is 1070. The molecule has 3 heterocycles. The predicted octanol–water partition coefficient (Wildman–Crippen LogP) is 2.13.